The molecule has 1 heterocycles. The lowest BCUT2D eigenvalue weighted by Gasteiger charge is -2.05. The second-order valence-corrected chi connectivity index (χ2v) is 5.20. The number of nitrogens with zero attached hydrogens (tertiary/aromatic N) is 2. The highest BCUT2D eigenvalue weighted by molar-refractivity contribution is 5.93. The van der Waals surface area contributed by atoms with E-state index in [4.69, 9.17) is 4.42 Å². The first kappa shape index (κ1) is 16.9. The number of hydrogen-bond acceptors (Lipinski definition) is 5. The Kier molecular flexibility index (Phi) is 5.04. The Labute approximate surface area is 148 Å². The van der Waals surface area contributed by atoms with E-state index in [0.29, 0.717) is 11.4 Å². The highest BCUT2D eigenvalue weighted by atomic mass is 16.6. The SMILES string of the molecule is O=C(N/N=C/C=C/c1ccc([N+](=O)[O-])o1)Nc1ccc2ccccc2c1. The van der Waals surface area contributed by atoms with Crippen LogP contribution in [0.2, 0.25) is 0 Å². The van der Waals surface area contributed by atoms with Gasteiger partial charge in [0, 0.05) is 11.9 Å². The Hall–Kier alpha value is -3.94. The molecule has 8 heteroatoms. The Bertz CT molecular complexity index is 1010. The predicted molar refractivity (Wildman–Crippen MR) is 99.0 cm³/mol. The van der Waals surface area contributed by atoms with Gasteiger partial charge in [0.2, 0.25) is 0 Å². The molecule has 0 bridgehead atoms. The lowest BCUT2D eigenvalue weighted by atomic mass is 10.1. The van der Waals surface area contributed by atoms with Crippen molar-refractivity contribution in [2.75, 3.05) is 5.32 Å². The summed E-state index contributed by atoms with van der Waals surface area (Å²) in [6.07, 6.45) is 4.30. The second kappa shape index (κ2) is 7.75. The number of hydrazone groups is 1. The van der Waals surface area contributed by atoms with Gasteiger partial charge in [0.25, 0.3) is 0 Å². The zero-order valence-corrected chi connectivity index (χ0v) is 13.5. The Morgan fingerprint density at radius 1 is 1.12 bits per heavy atom. The van der Waals surface area contributed by atoms with Crippen molar-refractivity contribution >= 4 is 40.7 Å². The fraction of sp³-hybridized carbons (Fsp3) is 0. The number of carbonyl (C=O) groups is 1. The van der Waals surface area contributed by atoms with E-state index in [1.54, 1.807) is 6.07 Å². The molecule has 0 aliphatic rings. The zero-order valence-electron chi connectivity index (χ0n) is 13.5. The monoisotopic (exact) mass is 350 g/mol. The number of fused-ring (bicyclic) bond motifs is 1. The highest BCUT2D eigenvalue weighted by Gasteiger charge is 2.09. The molecule has 3 aromatic rings. The summed E-state index contributed by atoms with van der Waals surface area (Å²) in [6, 6.07) is 15.6. The minimum atomic E-state index is -0.621. The molecule has 0 radical (unpaired) electrons. The minimum absolute atomic E-state index is 0.309. The van der Waals surface area contributed by atoms with Crippen molar-refractivity contribution in [3.63, 3.8) is 0 Å². The Balaban J connectivity index is 1.51. The van der Waals surface area contributed by atoms with Crippen molar-refractivity contribution in [2.45, 2.75) is 0 Å². The van der Waals surface area contributed by atoms with Gasteiger partial charge >= 0.3 is 11.9 Å². The molecule has 2 N–H and O–H groups in total. The van der Waals surface area contributed by atoms with Gasteiger partial charge in [-0.05, 0) is 41.1 Å². The first-order valence-corrected chi connectivity index (χ1v) is 7.61. The van der Waals surface area contributed by atoms with Crippen LogP contribution in [0.25, 0.3) is 16.8 Å². The summed E-state index contributed by atoms with van der Waals surface area (Å²) in [7, 11) is 0. The minimum Gasteiger partial charge on any atom is -0.401 e. The summed E-state index contributed by atoms with van der Waals surface area (Å²) < 4.78 is 4.94. The van der Waals surface area contributed by atoms with Crippen LogP contribution in [0.4, 0.5) is 16.4 Å². The van der Waals surface area contributed by atoms with Crippen LogP contribution >= 0.6 is 0 Å². The van der Waals surface area contributed by atoms with Crippen LogP contribution < -0.4 is 10.7 Å². The van der Waals surface area contributed by atoms with Gasteiger partial charge in [-0.25, -0.2) is 10.2 Å². The number of rotatable bonds is 5. The van der Waals surface area contributed by atoms with Gasteiger partial charge in [-0.15, -0.1) is 0 Å². The van der Waals surface area contributed by atoms with Crippen molar-refractivity contribution < 1.29 is 14.1 Å². The fourth-order valence-corrected chi connectivity index (χ4v) is 2.23. The van der Waals surface area contributed by atoms with E-state index in [-0.39, 0.29) is 5.88 Å². The third-order valence-electron chi connectivity index (χ3n) is 3.39. The van der Waals surface area contributed by atoms with Crippen molar-refractivity contribution in [3.05, 3.63) is 76.5 Å². The van der Waals surface area contributed by atoms with E-state index in [9.17, 15) is 14.9 Å². The van der Waals surface area contributed by atoms with Crippen molar-refractivity contribution in [3.8, 4) is 0 Å². The average molecular weight is 350 g/mol. The number of hydrogen-bond donors (Lipinski definition) is 2. The number of urea groups is 1. The standard InChI is InChI=1S/C18H14N4O4/c23-18(20-15-8-7-13-4-1-2-5-14(13)12-15)21-19-11-3-6-16-9-10-17(26-16)22(24)25/h1-12H,(H2,20,21,23)/b6-3+,19-11+. The number of anilines is 1. The molecule has 0 unspecified atom stereocenters. The first-order chi connectivity index (χ1) is 12.6. The summed E-state index contributed by atoms with van der Waals surface area (Å²) >= 11 is 0. The summed E-state index contributed by atoms with van der Waals surface area (Å²) in [6.45, 7) is 0. The average Bonchev–Trinajstić information content (AvgIpc) is 3.10. The van der Waals surface area contributed by atoms with Crippen LogP contribution in [-0.4, -0.2) is 17.2 Å². The molecule has 1 aromatic heterocycles. The van der Waals surface area contributed by atoms with E-state index in [1.807, 2.05) is 36.4 Å². The lowest BCUT2D eigenvalue weighted by molar-refractivity contribution is -0.402. The van der Waals surface area contributed by atoms with E-state index in [2.05, 4.69) is 15.8 Å². The van der Waals surface area contributed by atoms with E-state index in [0.717, 1.165) is 10.8 Å². The summed E-state index contributed by atoms with van der Waals surface area (Å²) in [5.41, 5.74) is 2.97. The molecule has 130 valence electrons. The summed E-state index contributed by atoms with van der Waals surface area (Å²) in [4.78, 5) is 21.7. The van der Waals surface area contributed by atoms with E-state index < -0.39 is 11.0 Å². The van der Waals surface area contributed by atoms with Crippen LogP contribution in [-0.2, 0) is 0 Å². The van der Waals surface area contributed by atoms with Crippen molar-refractivity contribution in [1.29, 1.82) is 0 Å². The molecule has 0 atom stereocenters. The van der Waals surface area contributed by atoms with Gasteiger partial charge in [-0.3, -0.25) is 10.1 Å². The van der Waals surface area contributed by atoms with Gasteiger partial charge in [0.1, 0.15) is 10.7 Å². The van der Waals surface area contributed by atoms with Crippen molar-refractivity contribution in [2.24, 2.45) is 5.10 Å². The van der Waals surface area contributed by atoms with Crippen LogP contribution in [0.3, 0.4) is 0 Å². The molecule has 3 rings (SSSR count). The van der Waals surface area contributed by atoms with E-state index >= 15 is 0 Å². The maximum absolute atomic E-state index is 11.8. The largest absolute Gasteiger partial charge is 0.433 e. The van der Waals surface area contributed by atoms with E-state index in [1.165, 1.54) is 30.5 Å². The highest BCUT2D eigenvalue weighted by Crippen LogP contribution is 2.18. The number of allylic oxidation sites excluding steroid dienone is 1. The van der Waals surface area contributed by atoms with Gasteiger partial charge in [-0.2, -0.15) is 5.10 Å². The number of nitro groups is 1. The van der Waals surface area contributed by atoms with Crippen molar-refractivity contribution in [1.82, 2.24) is 5.43 Å². The van der Waals surface area contributed by atoms with Gasteiger partial charge in [0.15, 0.2) is 0 Å². The van der Waals surface area contributed by atoms with Gasteiger partial charge < -0.3 is 9.73 Å². The molecule has 0 spiro atoms. The maximum Gasteiger partial charge on any atom is 0.433 e. The number of amides is 2. The van der Waals surface area contributed by atoms with Crippen LogP contribution in [0.1, 0.15) is 5.76 Å². The molecule has 0 aliphatic heterocycles. The van der Waals surface area contributed by atoms with Crippen LogP contribution in [0.5, 0.6) is 0 Å². The van der Waals surface area contributed by atoms with Gasteiger partial charge in [-0.1, -0.05) is 30.3 Å². The number of furan rings is 1. The summed E-state index contributed by atoms with van der Waals surface area (Å²) in [5.74, 6) is -0.0294. The molecule has 26 heavy (non-hydrogen) atoms. The number of benzene rings is 2. The predicted octanol–water partition coefficient (Wildman–Crippen LogP) is 4.16. The maximum atomic E-state index is 11.8. The Morgan fingerprint density at radius 2 is 1.92 bits per heavy atom. The number of carbonyl (C=O) groups excluding carboxylic acids is 1. The fourth-order valence-electron chi connectivity index (χ4n) is 2.23. The van der Waals surface area contributed by atoms with Gasteiger partial charge in [0.05, 0.1) is 6.07 Å². The molecule has 0 fully saturated rings. The molecule has 2 aromatic carbocycles. The molecular formula is C18H14N4O4. The topological polar surface area (TPSA) is 110 Å². The zero-order chi connectivity index (χ0) is 18.4. The Morgan fingerprint density at radius 3 is 2.69 bits per heavy atom. The lowest BCUT2D eigenvalue weighted by Crippen LogP contribution is -2.23. The van der Waals surface area contributed by atoms with Crippen LogP contribution in [0, 0.1) is 10.1 Å². The molecule has 0 aliphatic carbocycles. The second-order valence-electron chi connectivity index (χ2n) is 5.20. The molecule has 2 amide bonds. The third kappa shape index (κ3) is 4.32. The normalized spacial score (nSPS) is 11.2. The number of nitrogens with one attached hydrogen (secondary N) is 2. The molecule has 8 nitrogen and oxygen atoms in total. The third-order valence-corrected chi connectivity index (χ3v) is 3.39. The quantitative estimate of drug-likeness (QED) is 0.409. The molecular weight excluding hydrogens is 336 g/mol. The smallest absolute Gasteiger partial charge is 0.401 e. The molecule has 0 saturated carbocycles. The summed E-state index contributed by atoms with van der Waals surface area (Å²) in [5, 5.41) is 19.0. The first-order valence-electron chi connectivity index (χ1n) is 7.61. The molecule has 0 saturated heterocycles. The van der Waals surface area contributed by atoms with Crippen LogP contribution in [0.15, 0.2) is 70.2 Å².